The van der Waals surface area contributed by atoms with Crippen LogP contribution >= 0.6 is 0 Å². The summed E-state index contributed by atoms with van der Waals surface area (Å²) in [5.41, 5.74) is 0. The zero-order valence-corrected chi connectivity index (χ0v) is 46.7. The van der Waals surface area contributed by atoms with Crippen molar-refractivity contribution in [2.24, 2.45) is 0 Å². The van der Waals surface area contributed by atoms with E-state index in [9.17, 15) is 14.4 Å². The molecule has 1 unspecified atom stereocenters. The lowest BCUT2D eigenvalue weighted by Crippen LogP contribution is -2.30. The van der Waals surface area contributed by atoms with Crippen LogP contribution in [0.25, 0.3) is 0 Å². The van der Waals surface area contributed by atoms with Gasteiger partial charge in [-0.2, -0.15) is 0 Å². The lowest BCUT2D eigenvalue weighted by molar-refractivity contribution is -0.167. The van der Waals surface area contributed by atoms with Gasteiger partial charge < -0.3 is 14.2 Å². The van der Waals surface area contributed by atoms with Gasteiger partial charge in [0.05, 0.1) is 0 Å². The van der Waals surface area contributed by atoms with Crippen molar-refractivity contribution >= 4 is 17.9 Å². The summed E-state index contributed by atoms with van der Waals surface area (Å²) in [7, 11) is 0. The van der Waals surface area contributed by atoms with Crippen LogP contribution in [0.2, 0.25) is 0 Å². The summed E-state index contributed by atoms with van der Waals surface area (Å²) in [5, 5.41) is 0. The van der Waals surface area contributed by atoms with E-state index in [1.165, 1.54) is 141 Å². The van der Waals surface area contributed by atoms with Gasteiger partial charge in [-0.15, -0.1) is 0 Å². The van der Waals surface area contributed by atoms with Crippen molar-refractivity contribution in [1.29, 1.82) is 0 Å². The van der Waals surface area contributed by atoms with Gasteiger partial charge in [0, 0.05) is 19.3 Å². The molecule has 0 aliphatic carbocycles. The number of rotatable bonds is 54. The molecule has 0 saturated carbocycles. The van der Waals surface area contributed by atoms with E-state index in [2.05, 4.69) is 106 Å². The molecule has 0 fully saturated rings. The largest absolute Gasteiger partial charge is 0.462 e. The van der Waals surface area contributed by atoms with Crippen LogP contribution in [0.15, 0.2) is 85.1 Å². The number of unbranched alkanes of at least 4 members (excludes halogenated alkanes) is 29. The molecule has 0 radical (unpaired) electrons. The number of hydrogen-bond acceptors (Lipinski definition) is 6. The van der Waals surface area contributed by atoms with Gasteiger partial charge >= 0.3 is 17.9 Å². The van der Waals surface area contributed by atoms with E-state index in [-0.39, 0.29) is 31.1 Å². The van der Waals surface area contributed by atoms with Crippen molar-refractivity contribution in [3.05, 3.63) is 85.1 Å². The van der Waals surface area contributed by atoms with Crippen LogP contribution in [0.4, 0.5) is 0 Å². The van der Waals surface area contributed by atoms with Crippen LogP contribution in [-0.4, -0.2) is 37.2 Å². The third-order valence-corrected chi connectivity index (χ3v) is 12.9. The van der Waals surface area contributed by atoms with Crippen molar-refractivity contribution in [2.45, 2.75) is 297 Å². The first-order valence-electron chi connectivity index (χ1n) is 30.1. The Morgan fingerprint density at radius 2 is 0.549 bits per heavy atom. The van der Waals surface area contributed by atoms with Gasteiger partial charge in [0.2, 0.25) is 0 Å². The molecule has 0 aromatic carbocycles. The van der Waals surface area contributed by atoms with E-state index in [4.69, 9.17) is 14.2 Å². The van der Waals surface area contributed by atoms with Crippen LogP contribution in [0.5, 0.6) is 0 Å². The van der Waals surface area contributed by atoms with Gasteiger partial charge in [0.1, 0.15) is 13.2 Å². The number of carbonyl (C=O) groups is 3. The second-order valence-corrected chi connectivity index (χ2v) is 19.9. The SMILES string of the molecule is CC/C=C\C/C=C\C/C=C\C/C=C\C/C=C\C/C=C\C/C=C\CCCCCCCCCC(=O)OCC(COC(=O)CCCCCCCCCCCC)OC(=O)CCCCCCCCCCCCCCCC. The highest BCUT2D eigenvalue weighted by molar-refractivity contribution is 5.71. The fourth-order valence-corrected chi connectivity index (χ4v) is 8.42. The van der Waals surface area contributed by atoms with Gasteiger partial charge in [-0.1, -0.05) is 279 Å². The summed E-state index contributed by atoms with van der Waals surface area (Å²) in [6.45, 7) is 6.52. The minimum absolute atomic E-state index is 0.0758. The Balaban J connectivity index is 4.23. The van der Waals surface area contributed by atoms with Crippen molar-refractivity contribution < 1.29 is 28.6 Å². The molecule has 0 heterocycles. The average molecular weight is 990 g/mol. The van der Waals surface area contributed by atoms with Crippen molar-refractivity contribution in [3.8, 4) is 0 Å². The highest BCUT2D eigenvalue weighted by atomic mass is 16.6. The predicted molar refractivity (Wildman–Crippen MR) is 307 cm³/mol. The third-order valence-electron chi connectivity index (χ3n) is 12.9. The maximum Gasteiger partial charge on any atom is 0.306 e. The fraction of sp³-hybridized carbons (Fsp3) is 0.738. The first-order valence-corrected chi connectivity index (χ1v) is 30.1. The Labute approximate surface area is 439 Å². The fourth-order valence-electron chi connectivity index (χ4n) is 8.42. The molecule has 0 aromatic rings. The number of allylic oxidation sites excluding steroid dienone is 14. The molecule has 71 heavy (non-hydrogen) atoms. The maximum absolute atomic E-state index is 12.8. The molecule has 0 aromatic heterocycles. The van der Waals surface area contributed by atoms with Crippen LogP contribution in [0.3, 0.4) is 0 Å². The summed E-state index contributed by atoms with van der Waals surface area (Å²) in [5.74, 6) is -0.879. The van der Waals surface area contributed by atoms with Crippen molar-refractivity contribution in [1.82, 2.24) is 0 Å². The first kappa shape index (κ1) is 67.6. The molecule has 0 spiro atoms. The van der Waals surface area contributed by atoms with E-state index in [0.29, 0.717) is 19.3 Å². The smallest absolute Gasteiger partial charge is 0.306 e. The summed E-state index contributed by atoms with van der Waals surface area (Å²) >= 11 is 0. The van der Waals surface area contributed by atoms with Gasteiger partial charge in [0.25, 0.3) is 0 Å². The average Bonchev–Trinajstić information content (AvgIpc) is 3.37. The Morgan fingerprint density at radius 3 is 0.859 bits per heavy atom. The molecule has 1 atom stereocenters. The van der Waals surface area contributed by atoms with E-state index >= 15 is 0 Å². The molecule has 0 rings (SSSR count). The Morgan fingerprint density at radius 1 is 0.296 bits per heavy atom. The van der Waals surface area contributed by atoms with Gasteiger partial charge in [0.15, 0.2) is 6.10 Å². The van der Waals surface area contributed by atoms with Crippen molar-refractivity contribution in [3.63, 3.8) is 0 Å². The second-order valence-electron chi connectivity index (χ2n) is 19.9. The molecule has 6 heteroatoms. The maximum atomic E-state index is 12.8. The van der Waals surface area contributed by atoms with Gasteiger partial charge in [-0.3, -0.25) is 14.4 Å². The molecule has 408 valence electrons. The summed E-state index contributed by atoms with van der Waals surface area (Å²) in [6.07, 6.45) is 77.3. The molecule has 0 aliphatic rings. The van der Waals surface area contributed by atoms with Crippen LogP contribution in [-0.2, 0) is 28.6 Å². The van der Waals surface area contributed by atoms with Crippen LogP contribution in [0, 0.1) is 0 Å². The molecule has 6 nitrogen and oxygen atoms in total. The van der Waals surface area contributed by atoms with E-state index < -0.39 is 6.10 Å². The lowest BCUT2D eigenvalue weighted by Gasteiger charge is -2.18. The highest BCUT2D eigenvalue weighted by Gasteiger charge is 2.19. The normalized spacial score (nSPS) is 12.7. The number of hydrogen-bond donors (Lipinski definition) is 0. The zero-order valence-electron chi connectivity index (χ0n) is 46.7. The van der Waals surface area contributed by atoms with Crippen molar-refractivity contribution in [2.75, 3.05) is 13.2 Å². The number of carbonyl (C=O) groups excluding carboxylic acids is 3. The summed E-state index contributed by atoms with van der Waals surface area (Å²) in [4.78, 5) is 38.1. The number of esters is 3. The second kappa shape index (κ2) is 59.2. The molecular formula is C65H112O6. The number of ether oxygens (including phenoxy) is 3. The van der Waals surface area contributed by atoms with Gasteiger partial charge in [-0.25, -0.2) is 0 Å². The standard InChI is InChI=1S/C65H112O6/c1-4-7-10-13-16-19-22-24-26-27-28-29-30-31-32-33-34-35-36-37-38-39-40-42-43-46-49-52-55-58-64(67)70-61-62(60-69-63(66)57-54-51-48-45-21-18-15-12-9-6-3)71-65(68)59-56-53-50-47-44-41-25-23-20-17-14-11-8-5-2/h7,10,16,19,24,26,28-29,31-32,34-35,37-38,62H,4-6,8-9,11-15,17-18,20-23,25,27,30,33,36,39-61H2,1-3H3/b10-7-,19-16-,26-24-,29-28-,32-31-,35-34-,38-37-. The monoisotopic (exact) mass is 989 g/mol. The molecule has 0 saturated heterocycles. The van der Waals surface area contributed by atoms with Crippen LogP contribution in [0.1, 0.15) is 290 Å². The molecule has 0 bridgehead atoms. The highest BCUT2D eigenvalue weighted by Crippen LogP contribution is 2.16. The third kappa shape index (κ3) is 57.4. The first-order chi connectivity index (χ1) is 35.0. The molecule has 0 N–H and O–H groups in total. The van der Waals surface area contributed by atoms with Gasteiger partial charge in [-0.05, 0) is 77.0 Å². The predicted octanol–water partition coefficient (Wildman–Crippen LogP) is 20.3. The summed E-state index contributed by atoms with van der Waals surface area (Å²) in [6, 6.07) is 0. The summed E-state index contributed by atoms with van der Waals surface area (Å²) < 4.78 is 16.8. The molecule has 0 amide bonds. The zero-order chi connectivity index (χ0) is 51.4. The van der Waals surface area contributed by atoms with E-state index in [1.807, 2.05) is 0 Å². The minimum Gasteiger partial charge on any atom is -0.462 e. The molecular weight excluding hydrogens is 877 g/mol. The topological polar surface area (TPSA) is 78.9 Å². The minimum atomic E-state index is -0.777. The lowest BCUT2D eigenvalue weighted by atomic mass is 10.0. The van der Waals surface area contributed by atoms with E-state index in [0.717, 1.165) is 109 Å². The van der Waals surface area contributed by atoms with E-state index in [1.54, 1.807) is 0 Å². The Hall–Kier alpha value is -3.41. The quantitative estimate of drug-likeness (QED) is 0.0261. The molecule has 0 aliphatic heterocycles. The Bertz CT molecular complexity index is 1370. The Kier molecular flexibility index (Phi) is 56.3. The van der Waals surface area contributed by atoms with Crippen LogP contribution < -0.4 is 0 Å².